The SMILES string of the molecule is O=C(c1cccc2c1OCCO2)N1CCC(CCCl)C1. The monoisotopic (exact) mass is 295 g/mol. The number of benzene rings is 1. The van der Waals surface area contributed by atoms with E-state index in [1.807, 2.05) is 23.1 Å². The summed E-state index contributed by atoms with van der Waals surface area (Å²) >= 11 is 5.78. The highest BCUT2D eigenvalue weighted by atomic mass is 35.5. The topological polar surface area (TPSA) is 38.8 Å². The van der Waals surface area contributed by atoms with Crippen LogP contribution in [0.4, 0.5) is 0 Å². The van der Waals surface area contributed by atoms with Crippen molar-refractivity contribution in [1.82, 2.24) is 4.90 Å². The molecule has 108 valence electrons. The number of para-hydroxylation sites is 1. The van der Waals surface area contributed by atoms with Gasteiger partial charge >= 0.3 is 0 Å². The molecule has 2 heterocycles. The molecule has 1 fully saturated rings. The molecule has 2 aliphatic rings. The van der Waals surface area contributed by atoms with Crippen LogP contribution in [0, 0.1) is 5.92 Å². The molecule has 20 heavy (non-hydrogen) atoms. The molecule has 0 spiro atoms. The minimum Gasteiger partial charge on any atom is -0.486 e. The van der Waals surface area contributed by atoms with Crippen molar-refractivity contribution in [2.75, 3.05) is 32.2 Å². The minimum absolute atomic E-state index is 0.0319. The van der Waals surface area contributed by atoms with Gasteiger partial charge in [-0.3, -0.25) is 4.79 Å². The van der Waals surface area contributed by atoms with Gasteiger partial charge in [0.05, 0.1) is 5.56 Å². The smallest absolute Gasteiger partial charge is 0.257 e. The first-order valence-corrected chi connectivity index (χ1v) is 7.57. The van der Waals surface area contributed by atoms with E-state index in [0.717, 1.165) is 25.9 Å². The summed E-state index contributed by atoms with van der Waals surface area (Å²) in [5.41, 5.74) is 0.605. The number of rotatable bonds is 3. The molecule has 1 amide bonds. The van der Waals surface area contributed by atoms with Crippen molar-refractivity contribution in [3.8, 4) is 11.5 Å². The Labute approximate surface area is 123 Å². The van der Waals surface area contributed by atoms with Crippen LogP contribution in [0.15, 0.2) is 18.2 Å². The standard InChI is InChI=1S/C15H18ClNO3/c16-6-4-11-5-7-17(10-11)15(18)12-2-1-3-13-14(12)20-9-8-19-13/h1-3,11H,4-10H2. The van der Waals surface area contributed by atoms with Gasteiger partial charge in [0.1, 0.15) is 13.2 Å². The minimum atomic E-state index is 0.0319. The average molecular weight is 296 g/mol. The molecule has 0 bridgehead atoms. The third kappa shape index (κ3) is 2.57. The van der Waals surface area contributed by atoms with Gasteiger partial charge in [0.25, 0.3) is 5.91 Å². The zero-order chi connectivity index (χ0) is 13.9. The highest BCUT2D eigenvalue weighted by Crippen LogP contribution is 2.35. The molecule has 1 unspecified atom stereocenters. The van der Waals surface area contributed by atoms with Gasteiger partial charge in [0.15, 0.2) is 11.5 Å². The molecule has 1 saturated heterocycles. The second-order valence-corrected chi connectivity index (χ2v) is 5.59. The molecule has 0 aliphatic carbocycles. The van der Waals surface area contributed by atoms with E-state index in [2.05, 4.69) is 0 Å². The van der Waals surface area contributed by atoms with Crippen molar-refractivity contribution < 1.29 is 14.3 Å². The highest BCUT2D eigenvalue weighted by Gasteiger charge is 2.29. The zero-order valence-corrected chi connectivity index (χ0v) is 12.1. The lowest BCUT2D eigenvalue weighted by Gasteiger charge is -2.23. The predicted octanol–water partition coefficient (Wildman–Crippen LogP) is 2.55. The fourth-order valence-corrected chi connectivity index (χ4v) is 3.13. The molecule has 0 radical (unpaired) electrons. The van der Waals surface area contributed by atoms with E-state index in [1.165, 1.54) is 0 Å². The number of carbonyl (C=O) groups is 1. The maximum absolute atomic E-state index is 12.6. The van der Waals surface area contributed by atoms with Crippen LogP contribution in [-0.2, 0) is 0 Å². The number of hydrogen-bond acceptors (Lipinski definition) is 3. The van der Waals surface area contributed by atoms with Crippen LogP contribution in [-0.4, -0.2) is 43.0 Å². The molecule has 4 nitrogen and oxygen atoms in total. The van der Waals surface area contributed by atoms with E-state index in [1.54, 1.807) is 0 Å². The molecule has 0 saturated carbocycles. The average Bonchev–Trinajstić information content (AvgIpc) is 2.95. The fraction of sp³-hybridized carbons (Fsp3) is 0.533. The van der Waals surface area contributed by atoms with E-state index in [4.69, 9.17) is 21.1 Å². The summed E-state index contributed by atoms with van der Waals surface area (Å²) in [6.07, 6.45) is 2.00. The van der Waals surface area contributed by atoms with Crippen LogP contribution in [0.3, 0.4) is 0 Å². The summed E-state index contributed by atoms with van der Waals surface area (Å²) in [7, 11) is 0. The molecular weight excluding hydrogens is 278 g/mol. The van der Waals surface area contributed by atoms with E-state index < -0.39 is 0 Å². The number of fused-ring (bicyclic) bond motifs is 1. The second-order valence-electron chi connectivity index (χ2n) is 5.21. The van der Waals surface area contributed by atoms with Crippen molar-refractivity contribution in [2.45, 2.75) is 12.8 Å². The predicted molar refractivity (Wildman–Crippen MR) is 76.8 cm³/mol. The largest absolute Gasteiger partial charge is 0.486 e. The zero-order valence-electron chi connectivity index (χ0n) is 11.3. The van der Waals surface area contributed by atoms with Crippen LogP contribution < -0.4 is 9.47 Å². The van der Waals surface area contributed by atoms with Crippen molar-refractivity contribution in [3.63, 3.8) is 0 Å². The van der Waals surface area contributed by atoms with Gasteiger partial charge in [-0.1, -0.05) is 6.07 Å². The van der Waals surface area contributed by atoms with Crippen molar-refractivity contribution >= 4 is 17.5 Å². The van der Waals surface area contributed by atoms with E-state index in [9.17, 15) is 4.79 Å². The van der Waals surface area contributed by atoms with Crippen LogP contribution in [0.2, 0.25) is 0 Å². The van der Waals surface area contributed by atoms with Gasteiger partial charge in [-0.15, -0.1) is 11.6 Å². The lowest BCUT2D eigenvalue weighted by atomic mass is 10.1. The first-order valence-electron chi connectivity index (χ1n) is 7.03. The van der Waals surface area contributed by atoms with Gasteiger partial charge in [0, 0.05) is 19.0 Å². The molecule has 1 atom stereocenters. The Morgan fingerprint density at radius 1 is 1.35 bits per heavy atom. The van der Waals surface area contributed by atoms with Crippen molar-refractivity contribution in [3.05, 3.63) is 23.8 Å². The van der Waals surface area contributed by atoms with Crippen molar-refractivity contribution in [2.24, 2.45) is 5.92 Å². The number of ether oxygens (including phenoxy) is 2. The lowest BCUT2D eigenvalue weighted by Crippen LogP contribution is -2.30. The first kappa shape index (κ1) is 13.6. The van der Waals surface area contributed by atoms with Crippen LogP contribution in [0.1, 0.15) is 23.2 Å². The summed E-state index contributed by atoms with van der Waals surface area (Å²) in [6.45, 7) is 2.61. The Morgan fingerprint density at radius 2 is 2.20 bits per heavy atom. The van der Waals surface area contributed by atoms with Crippen LogP contribution in [0.5, 0.6) is 11.5 Å². The first-order chi connectivity index (χ1) is 9.79. The normalized spacial score (nSPS) is 21.1. The van der Waals surface area contributed by atoms with Gasteiger partial charge in [-0.2, -0.15) is 0 Å². The highest BCUT2D eigenvalue weighted by molar-refractivity contribution is 6.17. The Morgan fingerprint density at radius 3 is 3.05 bits per heavy atom. The Kier molecular flexibility index (Phi) is 4.01. The number of amides is 1. The lowest BCUT2D eigenvalue weighted by molar-refractivity contribution is 0.0776. The van der Waals surface area contributed by atoms with Gasteiger partial charge in [-0.05, 0) is 30.9 Å². The summed E-state index contributed by atoms with van der Waals surface area (Å²) < 4.78 is 11.1. The van der Waals surface area contributed by atoms with Crippen LogP contribution in [0.25, 0.3) is 0 Å². The summed E-state index contributed by atoms with van der Waals surface area (Å²) in [5.74, 6) is 2.46. The number of halogens is 1. The molecule has 1 aromatic carbocycles. The molecule has 0 N–H and O–H groups in total. The van der Waals surface area contributed by atoms with Gasteiger partial charge in [0.2, 0.25) is 0 Å². The second kappa shape index (κ2) is 5.92. The van der Waals surface area contributed by atoms with E-state index in [0.29, 0.717) is 42.1 Å². The molecule has 0 aromatic heterocycles. The Balaban J connectivity index is 1.78. The quantitative estimate of drug-likeness (QED) is 0.805. The maximum atomic E-state index is 12.6. The third-order valence-corrected chi connectivity index (χ3v) is 4.11. The Hall–Kier alpha value is -1.42. The molecule has 3 rings (SSSR count). The number of alkyl halides is 1. The molecular formula is C15H18ClNO3. The summed E-state index contributed by atoms with van der Waals surface area (Å²) in [6, 6.07) is 5.49. The number of carbonyl (C=O) groups excluding carboxylic acids is 1. The molecule has 2 aliphatic heterocycles. The van der Waals surface area contributed by atoms with Gasteiger partial charge in [-0.25, -0.2) is 0 Å². The number of likely N-dealkylation sites (tertiary alicyclic amines) is 1. The van der Waals surface area contributed by atoms with E-state index >= 15 is 0 Å². The molecule has 5 heteroatoms. The number of nitrogens with zero attached hydrogens (tertiary/aromatic N) is 1. The number of hydrogen-bond donors (Lipinski definition) is 0. The van der Waals surface area contributed by atoms with E-state index in [-0.39, 0.29) is 5.91 Å². The summed E-state index contributed by atoms with van der Waals surface area (Å²) in [4.78, 5) is 14.5. The summed E-state index contributed by atoms with van der Waals surface area (Å²) in [5, 5.41) is 0. The maximum Gasteiger partial charge on any atom is 0.257 e. The van der Waals surface area contributed by atoms with Crippen LogP contribution >= 0.6 is 11.6 Å². The third-order valence-electron chi connectivity index (χ3n) is 3.89. The van der Waals surface area contributed by atoms with Crippen molar-refractivity contribution in [1.29, 1.82) is 0 Å². The fourth-order valence-electron chi connectivity index (χ4n) is 2.82. The van der Waals surface area contributed by atoms with Gasteiger partial charge < -0.3 is 14.4 Å². The Bertz CT molecular complexity index is 506. The molecule has 1 aromatic rings.